The van der Waals surface area contributed by atoms with Crippen molar-refractivity contribution < 1.29 is 9.59 Å². The predicted molar refractivity (Wildman–Crippen MR) is 98.9 cm³/mol. The molecule has 1 aliphatic rings. The lowest BCUT2D eigenvalue weighted by molar-refractivity contribution is 0.0925. The maximum absolute atomic E-state index is 12.3. The average molecular weight is 355 g/mol. The Hall–Kier alpha value is -1.79. The summed E-state index contributed by atoms with van der Waals surface area (Å²) in [6.07, 6.45) is 1.89. The van der Waals surface area contributed by atoms with Crippen molar-refractivity contribution in [1.29, 1.82) is 0 Å². The van der Waals surface area contributed by atoms with E-state index in [1.165, 1.54) is 0 Å². The number of carbonyl (C=O) groups excluding carboxylic acids is 2. The molecule has 1 aromatic rings. The lowest BCUT2D eigenvalue weighted by atomic mass is 10.0. The van der Waals surface area contributed by atoms with Crippen LogP contribution in [0.15, 0.2) is 24.3 Å². The van der Waals surface area contributed by atoms with Crippen LogP contribution in [0.1, 0.15) is 44.0 Å². The first-order valence-corrected chi connectivity index (χ1v) is 8.16. The fourth-order valence-electron chi connectivity index (χ4n) is 2.67. The van der Waals surface area contributed by atoms with Crippen LogP contribution in [0, 0.1) is 0 Å². The Labute approximate surface area is 149 Å². The summed E-state index contributed by atoms with van der Waals surface area (Å²) in [5.74, 6) is -0.0673. The van der Waals surface area contributed by atoms with Gasteiger partial charge in [-0.05, 0) is 64.4 Å². The third-order valence-electron chi connectivity index (χ3n) is 3.78. The molecule has 2 rings (SSSR count). The first kappa shape index (κ1) is 20.3. The Morgan fingerprint density at radius 3 is 2.46 bits per heavy atom. The van der Waals surface area contributed by atoms with Crippen LogP contribution in [0.5, 0.6) is 0 Å². The van der Waals surface area contributed by atoms with E-state index in [4.69, 9.17) is 0 Å². The number of benzene rings is 1. The SMILES string of the molecule is CC(C)NC(=O)Nc1ccc(C(=O)NC2CCNC(C)C2)cc1.Cl. The number of hydrogen-bond donors (Lipinski definition) is 4. The number of urea groups is 1. The molecule has 2 atom stereocenters. The van der Waals surface area contributed by atoms with Gasteiger partial charge in [0.05, 0.1) is 0 Å². The van der Waals surface area contributed by atoms with Gasteiger partial charge in [0.15, 0.2) is 0 Å². The Morgan fingerprint density at radius 1 is 1.21 bits per heavy atom. The third kappa shape index (κ3) is 6.37. The first-order chi connectivity index (χ1) is 10.9. The number of anilines is 1. The summed E-state index contributed by atoms with van der Waals surface area (Å²) in [5, 5.41) is 11.9. The number of nitrogens with one attached hydrogen (secondary N) is 4. The van der Waals surface area contributed by atoms with E-state index in [9.17, 15) is 9.59 Å². The zero-order valence-corrected chi connectivity index (χ0v) is 15.2. The van der Waals surface area contributed by atoms with Gasteiger partial charge in [0, 0.05) is 29.4 Å². The highest BCUT2D eigenvalue weighted by Crippen LogP contribution is 2.12. The number of hydrogen-bond acceptors (Lipinski definition) is 3. The van der Waals surface area contributed by atoms with Crippen LogP contribution in [0.3, 0.4) is 0 Å². The zero-order chi connectivity index (χ0) is 16.8. The topological polar surface area (TPSA) is 82.3 Å². The third-order valence-corrected chi connectivity index (χ3v) is 3.78. The molecule has 6 nitrogen and oxygen atoms in total. The normalized spacial score (nSPS) is 20.0. The van der Waals surface area contributed by atoms with Crippen molar-refractivity contribution in [3.8, 4) is 0 Å². The smallest absolute Gasteiger partial charge is 0.319 e. The predicted octanol–water partition coefficient (Wildman–Crippen LogP) is 2.51. The van der Waals surface area contributed by atoms with E-state index in [-0.39, 0.29) is 36.4 Å². The van der Waals surface area contributed by atoms with E-state index in [1.807, 2.05) is 13.8 Å². The van der Waals surface area contributed by atoms with Crippen LogP contribution >= 0.6 is 12.4 Å². The Bertz CT molecular complexity index is 548. The molecule has 1 aliphatic heterocycles. The van der Waals surface area contributed by atoms with Crippen molar-refractivity contribution in [3.63, 3.8) is 0 Å². The van der Waals surface area contributed by atoms with Gasteiger partial charge in [0.25, 0.3) is 5.91 Å². The molecule has 4 N–H and O–H groups in total. The summed E-state index contributed by atoms with van der Waals surface area (Å²) >= 11 is 0. The standard InChI is InChI=1S/C17H26N4O2.ClH/c1-11(2)19-17(23)21-14-6-4-13(5-7-14)16(22)20-15-8-9-18-12(3)10-15;/h4-7,11-12,15,18H,8-10H2,1-3H3,(H,20,22)(H2,19,21,23);1H. The second kappa shape index (κ2) is 9.49. The number of halogens is 1. The summed E-state index contributed by atoms with van der Waals surface area (Å²) in [4.78, 5) is 23.9. The highest BCUT2D eigenvalue weighted by molar-refractivity contribution is 5.95. The number of carbonyl (C=O) groups is 2. The molecule has 1 fully saturated rings. The Balaban J connectivity index is 0.00000288. The van der Waals surface area contributed by atoms with Crippen molar-refractivity contribution in [3.05, 3.63) is 29.8 Å². The largest absolute Gasteiger partial charge is 0.349 e. The summed E-state index contributed by atoms with van der Waals surface area (Å²) in [6, 6.07) is 7.40. The molecular weight excluding hydrogens is 328 g/mol. The van der Waals surface area contributed by atoms with E-state index < -0.39 is 0 Å². The van der Waals surface area contributed by atoms with E-state index in [2.05, 4.69) is 28.2 Å². The highest BCUT2D eigenvalue weighted by atomic mass is 35.5. The van der Waals surface area contributed by atoms with Crippen molar-refractivity contribution in [1.82, 2.24) is 16.0 Å². The number of rotatable bonds is 4. The van der Waals surface area contributed by atoms with Crippen LogP contribution < -0.4 is 21.3 Å². The average Bonchev–Trinajstić information content (AvgIpc) is 2.47. The van der Waals surface area contributed by atoms with Crippen LogP contribution in [0.25, 0.3) is 0 Å². The molecule has 3 amide bonds. The molecule has 0 saturated carbocycles. The molecule has 0 spiro atoms. The monoisotopic (exact) mass is 354 g/mol. The van der Waals surface area contributed by atoms with Gasteiger partial charge in [0.2, 0.25) is 0 Å². The van der Waals surface area contributed by atoms with Gasteiger partial charge >= 0.3 is 6.03 Å². The van der Waals surface area contributed by atoms with Crippen molar-refractivity contribution in [2.24, 2.45) is 0 Å². The second-order valence-electron chi connectivity index (χ2n) is 6.38. The Kier molecular flexibility index (Phi) is 8.01. The molecule has 0 aliphatic carbocycles. The van der Waals surface area contributed by atoms with Gasteiger partial charge < -0.3 is 21.3 Å². The van der Waals surface area contributed by atoms with Crippen LogP contribution in [0.2, 0.25) is 0 Å². The molecule has 1 heterocycles. The highest BCUT2D eigenvalue weighted by Gasteiger charge is 2.20. The number of amides is 3. The maximum Gasteiger partial charge on any atom is 0.319 e. The van der Waals surface area contributed by atoms with Crippen LogP contribution in [0.4, 0.5) is 10.5 Å². The van der Waals surface area contributed by atoms with Gasteiger partial charge in [-0.25, -0.2) is 4.79 Å². The molecule has 7 heteroatoms. The molecule has 24 heavy (non-hydrogen) atoms. The fraction of sp³-hybridized carbons (Fsp3) is 0.529. The molecule has 0 radical (unpaired) electrons. The molecule has 1 aromatic carbocycles. The van der Waals surface area contributed by atoms with Gasteiger partial charge in [-0.3, -0.25) is 4.79 Å². The quantitative estimate of drug-likeness (QED) is 0.670. The van der Waals surface area contributed by atoms with Gasteiger partial charge in [0.1, 0.15) is 0 Å². The van der Waals surface area contributed by atoms with Crippen molar-refractivity contribution >= 4 is 30.0 Å². The second-order valence-corrected chi connectivity index (χ2v) is 6.38. The van der Waals surface area contributed by atoms with Gasteiger partial charge in [-0.1, -0.05) is 0 Å². The molecule has 2 unspecified atom stereocenters. The molecule has 0 aromatic heterocycles. The van der Waals surface area contributed by atoms with Crippen LogP contribution in [-0.2, 0) is 0 Å². The number of piperidine rings is 1. The van der Waals surface area contributed by atoms with E-state index in [0.29, 0.717) is 17.3 Å². The fourth-order valence-corrected chi connectivity index (χ4v) is 2.67. The molecule has 134 valence electrons. The van der Waals surface area contributed by atoms with Gasteiger partial charge in [-0.15, -0.1) is 12.4 Å². The molecule has 1 saturated heterocycles. The first-order valence-electron chi connectivity index (χ1n) is 8.16. The molecule has 0 bridgehead atoms. The van der Waals surface area contributed by atoms with Gasteiger partial charge in [-0.2, -0.15) is 0 Å². The zero-order valence-electron chi connectivity index (χ0n) is 14.4. The summed E-state index contributed by atoms with van der Waals surface area (Å²) in [5.41, 5.74) is 1.26. The lowest BCUT2D eigenvalue weighted by Crippen LogP contribution is -2.46. The van der Waals surface area contributed by atoms with Crippen LogP contribution in [-0.4, -0.2) is 36.6 Å². The van der Waals surface area contributed by atoms with E-state index in [0.717, 1.165) is 19.4 Å². The maximum atomic E-state index is 12.3. The summed E-state index contributed by atoms with van der Waals surface area (Å²) in [7, 11) is 0. The lowest BCUT2D eigenvalue weighted by Gasteiger charge is -2.28. The minimum atomic E-state index is -0.249. The van der Waals surface area contributed by atoms with Crippen molar-refractivity contribution in [2.45, 2.75) is 51.7 Å². The minimum absolute atomic E-state index is 0. The summed E-state index contributed by atoms with van der Waals surface area (Å²) < 4.78 is 0. The van der Waals surface area contributed by atoms with E-state index >= 15 is 0 Å². The summed E-state index contributed by atoms with van der Waals surface area (Å²) in [6.45, 7) is 6.85. The van der Waals surface area contributed by atoms with Crippen molar-refractivity contribution in [2.75, 3.05) is 11.9 Å². The molecular formula is C17H27ClN4O2. The Morgan fingerprint density at radius 2 is 1.88 bits per heavy atom. The van der Waals surface area contributed by atoms with E-state index in [1.54, 1.807) is 24.3 Å². The minimum Gasteiger partial charge on any atom is -0.349 e.